The fourth-order valence-corrected chi connectivity index (χ4v) is 3.53. The van der Waals surface area contributed by atoms with E-state index in [1.54, 1.807) is 0 Å². The lowest BCUT2D eigenvalue weighted by molar-refractivity contribution is 0.103. The third kappa shape index (κ3) is 3.02. The molecule has 2 rings (SSSR count). The van der Waals surface area contributed by atoms with Crippen molar-refractivity contribution in [3.8, 4) is 0 Å². The molecule has 0 radical (unpaired) electrons. The largest absolute Gasteiger partial charge is 0.321 e. The molecule has 0 spiro atoms. The Hall–Kier alpha value is -0.650. The number of thiophene rings is 1. The second kappa shape index (κ2) is 5.55. The van der Waals surface area contributed by atoms with Crippen molar-refractivity contribution in [1.29, 1.82) is 0 Å². The van der Waals surface area contributed by atoms with Gasteiger partial charge in [0.15, 0.2) is 0 Å². The van der Waals surface area contributed by atoms with Crippen molar-refractivity contribution in [2.24, 2.45) is 0 Å². The first-order chi connectivity index (χ1) is 8.47. The number of halogens is 2. The maximum Gasteiger partial charge on any atom is 0.265 e. The predicted molar refractivity (Wildman–Crippen MR) is 83.6 cm³/mol. The second-order valence-electron chi connectivity index (χ2n) is 4.00. The van der Waals surface area contributed by atoms with E-state index in [4.69, 9.17) is 0 Å². The van der Waals surface area contributed by atoms with Crippen LogP contribution in [0.3, 0.4) is 0 Å². The summed E-state index contributed by atoms with van der Waals surface area (Å²) in [5.74, 6) is -0.0849. The number of amides is 1. The average Bonchev–Trinajstić information content (AvgIpc) is 2.63. The molecule has 1 heterocycles. The molecule has 0 bridgehead atoms. The maximum absolute atomic E-state index is 12.1. The molecular weight excluding hydrogens is 378 g/mol. The highest BCUT2D eigenvalue weighted by atomic mass is 79.9. The van der Waals surface area contributed by atoms with Gasteiger partial charge in [-0.25, -0.2) is 0 Å². The van der Waals surface area contributed by atoms with E-state index in [9.17, 15) is 4.79 Å². The van der Waals surface area contributed by atoms with Gasteiger partial charge in [0.25, 0.3) is 5.91 Å². The minimum absolute atomic E-state index is 0.0849. The van der Waals surface area contributed by atoms with Crippen molar-refractivity contribution < 1.29 is 4.79 Å². The van der Waals surface area contributed by atoms with Crippen molar-refractivity contribution in [3.05, 3.63) is 48.5 Å². The molecule has 2 nitrogen and oxygen atoms in total. The van der Waals surface area contributed by atoms with E-state index in [1.165, 1.54) is 16.9 Å². The number of carbonyl (C=O) groups is 1. The van der Waals surface area contributed by atoms with Crippen LogP contribution < -0.4 is 5.32 Å². The topological polar surface area (TPSA) is 29.1 Å². The van der Waals surface area contributed by atoms with Crippen LogP contribution >= 0.6 is 43.2 Å². The Bertz CT molecular complexity index is 588. The van der Waals surface area contributed by atoms with Crippen LogP contribution in [0.25, 0.3) is 0 Å². The van der Waals surface area contributed by atoms with Gasteiger partial charge in [-0.15, -0.1) is 11.3 Å². The molecule has 18 heavy (non-hydrogen) atoms. The smallest absolute Gasteiger partial charge is 0.265 e. The summed E-state index contributed by atoms with van der Waals surface area (Å²) in [4.78, 5) is 12.7. The summed E-state index contributed by atoms with van der Waals surface area (Å²) >= 11 is 8.17. The third-order valence-corrected chi connectivity index (χ3v) is 5.75. The van der Waals surface area contributed by atoms with E-state index in [1.807, 2.05) is 32.0 Å². The van der Waals surface area contributed by atoms with Gasteiger partial charge in [-0.1, -0.05) is 17.7 Å². The summed E-state index contributed by atoms with van der Waals surface area (Å²) in [6.07, 6.45) is 0. The van der Waals surface area contributed by atoms with Crippen molar-refractivity contribution >= 4 is 54.8 Å². The zero-order valence-corrected chi connectivity index (χ0v) is 13.9. The summed E-state index contributed by atoms with van der Waals surface area (Å²) in [6, 6.07) is 7.78. The molecular formula is C13H11Br2NOS. The lowest BCUT2D eigenvalue weighted by atomic mass is 10.1. The molecule has 0 saturated carbocycles. The van der Waals surface area contributed by atoms with Crippen LogP contribution in [0.15, 0.2) is 32.5 Å². The predicted octanol–water partition coefficient (Wildman–Crippen LogP) is 5.14. The monoisotopic (exact) mass is 387 g/mol. The summed E-state index contributed by atoms with van der Waals surface area (Å²) < 4.78 is 1.83. The summed E-state index contributed by atoms with van der Waals surface area (Å²) in [5, 5.41) is 2.92. The zero-order chi connectivity index (χ0) is 13.3. The number of hydrogen-bond acceptors (Lipinski definition) is 2. The Morgan fingerprint density at radius 3 is 2.50 bits per heavy atom. The van der Waals surface area contributed by atoms with Crippen LogP contribution in [0, 0.1) is 13.8 Å². The molecule has 5 heteroatoms. The Kier molecular flexibility index (Phi) is 4.25. The van der Waals surface area contributed by atoms with Crippen LogP contribution in [0.4, 0.5) is 5.69 Å². The van der Waals surface area contributed by atoms with E-state index >= 15 is 0 Å². The summed E-state index contributed by atoms with van der Waals surface area (Å²) in [6.45, 7) is 4.02. The number of hydrogen-bond donors (Lipinski definition) is 1. The van der Waals surface area contributed by atoms with E-state index in [0.717, 1.165) is 19.5 Å². The Labute approximate surface area is 127 Å². The molecule has 2 aromatic rings. The van der Waals surface area contributed by atoms with Crippen LogP contribution in [0.2, 0.25) is 0 Å². The van der Waals surface area contributed by atoms with Gasteiger partial charge < -0.3 is 5.32 Å². The van der Waals surface area contributed by atoms with Gasteiger partial charge in [-0.05, 0) is 63.4 Å². The van der Waals surface area contributed by atoms with Gasteiger partial charge in [-0.2, -0.15) is 0 Å². The number of rotatable bonds is 2. The van der Waals surface area contributed by atoms with Crippen molar-refractivity contribution in [2.75, 3.05) is 5.32 Å². The number of nitrogens with one attached hydrogen (secondary N) is 1. The summed E-state index contributed by atoms with van der Waals surface area (Å²) in [5.41, 5.74) is 3.11. The molecule has 0 unspecified atom stereocenters. The van der Waals surface area contributed by atoms with Gasteiger partial charge in [0, 0.05) is 10.2 Å². The molecule has 94 valence electrons. The van der Waals surface area contributed by atoms with Crippen molar-refractivity contribution in [3.63, 3.8) is 0 Å². The number of anilines is 1. The molecule has 0 aliphatic carbocycles. The first-order valence-electron chi connectivity index (χ1n) is 5.31. The SMILES string of the molecule is Cc1ccc(NC(=O)c2cc(Br)c(Br)s2)c(C)c1. The van der Waals surface area contributed by atoms with Crippen LogP contribution in [0.5, 0.6) is 0 Å². The van der Waals surface area contributed by atoms with Crippen molar-refractivity contribution in [2.45, 2.75) is 13.8 Å². The minimum Gasteiger partial charge on any atom is -0.321 e. The normalized spacial score (nSPS) is 10.4. The van der Waals surface area contributed by atoms with Crippen LogP contribution in [-0.4, -0.2) is 5.91 Å². The van der Waals surface area contributed by atoms with Gasteiger partial charge in [0.05, 0.1) is 8.66 Å². The zero-order valence-electron chi connectivity index (χ0n) is 9.88. The highest BCUT2D eigenvalue weighted by molar-refractivity contribution is 9.13. The maximum atomic E-state index is 12.1. The van der Waals surface area contributed by atoms with E-state index in [-0.39, 0.29) is 5.91 Å². The van der Waals surface area contributed by atoms with E-state index < -0.39 is 0 Å². The van der Waals surface area contributed by atoms with Gasteiger partial charge in [-0.3, -0.25) is 4.79 Å². The Balaban J connectivity index is 2.21. The van der Waals surface area contributed by atoms with Gasteiger partial charge in [0.1, 0.15) is 0 Å². The van der Waals surface area contributed by atoms with Gasteiger partial charge >= 0.3 is 0 Å². The average molecular weight is 389 g/mol. The lowest BCUT2D eigenvalue weighted by Crippen LogP contribution is -2.11. The molecule has 0 saturated heterocycles. The standard InChI is InChI=1S/C13H11Br2NOS/c1-7-3-4-10(8(2)5-7)16-13(17)11-6-9(14)12(15)18-11/h3-6H,1-2H3,(H,16,17). The molecule has 1 aromatic heterocycles. The fraction of sp³-hybridized carbons (Fsp3) is 0.154. The lowest BCUT2D eigenvalue weighted by Gasteiger charge is -2.07. The van der Waals surface area contributed by atoms with Crippen LogP contribution in [-0.2, 0) is 0 Å². The third-order valence-electron chi connectivity index (χ3n) is 2.50. The Morgan fingerprint density at radius 2 is 1.94 bits per heavy atom. The molecule has 1 amide bonds. The molecule has 1 aromatic carbocycles. The minimum atomic E-state index is -0.0849. The van der Waals surface area contributed by atoms with Gasteiger partial charge in [0.2, 0.25) is 0 Å². The first kappa shape index (κ1) is 13.8. The second-order valence-corrected chi connectivity index (χ2v) is 7.23. The van der Waals surface area contributed by atoms with Crippen LogP contribution in [0.1, 0.15) is 20.8 Å². The number of carbonyl (C=O) groups excluding carboxylic acids is 1. The highest BCUT2D eigenvalue weighted by Crippen LogP contribution is 2.32. The molecule has 1 N–H and O–H groups in total. The molecule has 0 aliphatic heterocycles. The highest BCUT2D eigenvalue weighted by Gasteiger charge is 2.12. The molecule has 0 aliphatic rings. The Morgan fingerprint density at radius 1 is 1.22 bits per heavy atom. The molecule has 0 atom stereocenters. The first-order valence-corrected chi connectivity index (χ1v) is 7.71. The molecule has 0 fully saturated rings. The summed E-state index contributed by atoms with van der Waals surface area (Å²) in [7, 11) is 0. The number of benzene rings is 1. The number of aryl methyl sites for hydroxylation is 2. The quantitative estimate of drug-likeness (QED) is 0.757. The van der Waals surface area contributed by atoms with E-state index in [2.05, 4.69) is 43.2 Å². The fourth-order valence-electron chi connectivity index (χ4n) is 1.60. The van der Waals surface area contributed by atoms with Crippen molar-refractivity contribution in [1.82, 2.24) is 0 Å². The van der Waals surface area contributed by atoms with E-state index in [0.29, 0.717) is 4.88 Å².